The van der Waals surface area contributed by atoms with Crippen molar-refractivity contribution in [2.45, 2.75) is 50.5 Å². The summed E-state index contributed by atoms with van der Waals surface area (Å²) in [5.74, 6) is -0.282. The molecule has 1 aliphatic rings. The van der Waals surface area contributed by atoms with Gasteiger partial charge in [-0.2, -0.15) is 10.4 Å². The fraction of sp³-hybridized carbons (Fsp3) is 0.364. The van der Waals surface area contributed by atoms with E-state index in [1.807, 2.05) is 22.9 Å². The molecule has 1 N–H and O–H groups in total. The van der Waals surface area contributed by atoms with Crippen molar-refractivity contribution in [2.75, 3.05) is 0 Å². The lowest BCUT2D eigenvalue weighted by Crippen LogP contribution is -2.32. The lowest BCUT2D eigenvalue weighted by atomic mass is 9.69. The number of hydrogen-bond acceptors (Lipinski definition) is 3. The van der Waals surface area contributed by atoms with Crippen LogP contribution < -0.4 is 0 Å². The summed E-state index contributed by atoms with van der Waals surface area (Å²) in [4.78, 5) is 0. The van der Waals surface area contributed by atoms with Crippen LogP contribution in [0.2, 0.25) is 0 Å². The molecule has 1 fully saturated rings. The Hall–Kier alpha value is -2.71. The van der Waals surface area contributed by atoms with Crippen LogP contribution in [0.1, 0.15) is 43.9 Å². The molecule has 0 saturated heterocycles. The number of aromatic nitrogens is 2. The number of fused-ring (bicyclic) bond motifs is 1. The number of nitriles is 1. The van der Waals surface area contributed by atoms with Crippen molar-refractivity contribution in [1.82, 2.24) is 9.78 Å². The van der Waals surface area contributed by atoms with Gasteiger partial charge in [0, 0.05) is 5.39 Å². The molecule has 0 spiro atoms. The second-order valence-corrected chi connectivity index (χ2v) is 7.35. The van der Waals surface area contributed by atoms with Gasteiger partial charge in [0.25, 0.3) is 0 Å². The number of aliphatic hydroxyl groups is 1. The van der Waals surface area contributed by atoms with Gasteiger partial charge < -0.3 is 5.11 Å². The first-order valence-corrected chi connectivity index (χ1v) is 9.44. The molecule has 0 bridgehead atoms. The minimum Gasteiger partial charge on any atom is -0.393 e. The highest BCUT2D eigenvalue weighted by molar-refractivity contribution is 5.84. The third-order valence-corrected chi connectivity index (χ3v) is 5.74. The predicted octanol–water partition coefficient (Wildman–Crippen LogP) is 4.42. The molecule has 27 heavy (non-hydrogen) atoms. The molecule has 1 aliphatic carbocycles. The van der Waals surface area contributed by atoms with Crippen LogP contribution in [0.3, 0.4) is 0 Å². The van der Waals surface area contributed by atoms with Gasteiger partial charge in [0.1, 0.15) is 5.82 Å². The molecule has 0 amide bonds. The summed E-state index contributed by atoms with van der Waals surface area (Å²) in [6.07, 6.45) is 3.07. The van der Waals surface area contributed by atoms with E-state index in [0.717, 1.165) is 34.3 Å². The number of aliphatic hydroxyl groups excluding tert-OH is 1. The van der Waals surface area contributed by atoms with Crippen molar-refractivity contribution in [3.63, 3.8) is 0 Å². The number of nitrogens with zero attached hydrogens (tertiary/aromatic N) is 3. The van der Waals surface area contributed by atoms with Crippen molar-refractivity contribution < 1.29 is 9.50 Å². The largest absolute Gasteiger partial charge is 0.393 e. The molecule has 138 valence electrons. The maximum absolute atomic E-state index is 13.3. The molecule has 5 heteroatoms. The van der Waals surface area contributed by atoms with Crippen LogP contribution in [0.5, 0.6) is 0 Å². The smallest absolute Gasteiger partial charge is 0.123 e. The Balaban J connectivity index is 1.87. The first-order valence-electron chi connectivity index (χ1n) is 9.44. The third kappa shape index (κ3) is 3.00. The van der Waals surface area contributed by atoms with E-state index in [1.54, 1.807) is 12.1 Å². The van der Waals surface area contributed by atoms with Gasteiger partial charge in [-0.1, -0.05) is 19.1 Å². The zero-order chi connectivity index (χ0) is 19.0. The maximum Gasteiger partial charge on any atom is 0.123 e. The van der Waals surface area contributed by atoms with Gasteiger partial charge in [-0.05, 0) is 68.0 Å². The zero-order valence-corrected chi connectivity index (χ0v) is 15.3. The highest BCUT2D eigenvalue weighted by atomic mass is 19.1. The predicted molar refractivity (Wildman–Crippen MR) is 102 cm³/mol. The van der Waals surface area contributed by atoms with Gasteiger partial charge >= 0.3 is 0 Å². The van der Waals surface area contributed by atoms with Crippen LogP contribution in [0.15, 0.2) is 42.5 Å². The Morgan fingerprint density at radius 2 is 1.93 bits per heavy atom. The summed E-state index contributed by atoms with van der Waals surface area (Å²) >= 11 is 0. The van der Waals surface area contributed by atoms with Gasteiger partial charge in [0.15, 0.2) is 0 Å². The van der Waals surface area contributed by atoms with E-state index in [0.29, 0.717) is 25.7 Å². The minimum absolute atomic E-state index is 0.282. The summed E-state index contributed by atoms with van der Waals surface area (Å²) in [6, 6.07) is 14.9. The number of hydrogen-bond donors (Lipinski definition) is 1. The van der Waals surface area contributed by atoms with Gasteiger partial charge in [-0.25, -0.2) is 9.07 Å². The van der Waals surface area contributed by atoms with Crippen LogP contribution in [-0.4, -0.2) is 21.0 Å². The molecule has 1 heterocycles. The van der Waals surface area contributed by atoms with Crippen LogP contribution in [0.4, 0.5) is 4.39 Å². The minimum atomic E-state index is -0.572. The Labute approximate surface area is 157 Å². The zero-order valence-electron chi connectivity index (χ0n) is 15.3. The molecular formula is C22H22FN3O. The van der Waals surface area contributed by atoms with E-state index in [9.17, 15) is 14.8 Å². The summed E-state index contributed by atoms with van der Waals surface area (Å²) in [7, 11) is 0. The first kappa shape index (κ1) is 17.7. The Morgan fingerprint density at radius 3 is 2.56 bits per heavy atom. The van der Waals surface area contributed by atoms with Crippen molar-refractivity contribution in [3.05, 3.63) is 59.5 Å². The molecule has 1 aromatic heterocycles. The highest BCUT2D eigenvalue weighted by Crippen LogP contribution is 2.40. The lowest BCUT2D eigenvalue weighted by molar-refractivity contribution is 0.109. The van der Waals surface area contributed by atoms with E-state index in [2.05, 4.69) is 13.0 Å². The quantitative estimate of drug-likeness (QED) is 0.749. The fourth-order valence-electron chi connectivity index (χ4n) is 4.08. The Morgan fingerprint density at radius 1 is 1.22 bits per heavy atom. The SMILES string of the molecule is CCc1nn(-c2ccc(F)cc2)c2cc([C@]3(C#N)CC[C@@H](O)CC3)ccc12. The molecule has 4 nitrogen and oxygen atoms in total. The Bertz CT molecular complexity index is 1010. The molecule has 4 rings (SSSR count). The van der Waals surface area contributed by atoms with Crippen LogP contribution >= 0.6 is 0 Å². The van der Waals surface area contributed by atoms with Crippen molar-refractivity contribution in [1.29, 1.82) is 5.26 Å². The fourth-order valence-corrected chi connectivity index (χ4v) is 4.08. The summed E-state index contributed by atoms with van der Waals surface area (Å²) in [5.41, 5.74) is 3.10. The molecular weight excluding hydrogens is 341 g/mol. The topological polar surface area (TPSA) is 61.8 Å². The molecule has 3 aromatic rings. The van der Waals surface area contributed by atoms with Crippen LogP contribution in [0, 0.1) is 17.1 Å². The molecule has 2 aromatic carbocycles. The number of aryl methyl sites for hydroxylation is 1. The first-order chi connectivity index (χ1) is 13.1. The summed E-state index contributed by atoms with van der Waals surface area (Å²) in [6.45, 7) is 2.06. The van der Waals surface area contributed by atoms with E-state index >= 15 is 0 Å². The second kappa shape index (κ2) is 6.79. The van der Waals surface area contributed by atoms with E-state index in [4.69, 9.17) is 5.10 Å². The van der Waals surface area contributed by atoms with Crippen molar-refractivity contribution in [2.24, 2.45) is 0 Å². The molecule has 0 atom stereocenters. The number of halogens is 1. The number of rotatable bonds is 3. The highest BCUT2D eigenvalue weighted by Gasteiger charge is 2.37. The standard InChI is InChI=1S/C22H22FN3O/c1-2-20-19-8-3-15(22(14-24)11-9-18(27)10-12-22)13-21(19)26(25-20)17-6-4-16(23)5-7-17/h3-8,13,18,27H,2,9-12H2,1H3/t18-,22-. The molecule has 0 aliphatic heterocycles. The summed E-state index contributed by atoms with van der Waals surface area (Å²) in [5, 5.41) is 25.6. The average molecular weight is 363 g/mol. The van der Waals surface area contributed by atoms with Crippen LogP contribution in [0.25, 0.3) is 16.6 Å². The van der Waals surface area contributed by atoms with Gasteiger partial charge in [-0.3, -0.25) is 0 Å². The second-order valence-electron chi connectivity index (χ2n) is 7.35. The Kier molecular flexibility index (Phi) is 4.45. The molecule has 0 radical (unpaired) electrons. The normalized spacial score (nSPS) is 22.7. The average Bonchev–Trinajstić information content (AvgIpc) is 3.07. The lowest BCUT2D eigenvalue weighted by Gasteiger charge is -2.33. The van der Waals surface area contributed by atoms with Gasteiger partial charge in [0.05, 0.1) is 34.5 Å². The molecule has 1 saturated carbocycles. The monoisotopic (exact) mass is 363 g/mol. The van der Waals surface area contributed by atoms with E-state index in [1.165, 1.54) is 12.1 Å². The number of benzene rings is 2. The molecule has 0 unspecified atom stereocenters. The van der Waals surface area contributed by atoms with Gasteiger partial charge in [-0.15, -0.1) is 0 Å². The van der Waals surface area contributed by atoms with Gasteiger partial charge in [0.2, 0.25) is 0 Å². The van der Waals surface area contributed by atoms with E-state index in [-0.39, 0.29) is 11.9 Å². The maximum atomic E-state index is 13.3. The van der Waals surface area contributed by atoms with Crippen LogP contribution in [-0.2, 0) is 11.8 Å². The van der Waals surface area contributed by atoms with Crippen molar-refractivity contribution >= 4 is 10.9 Å². The third-order valence-electron chi connectivity index (χ3n) is 5.74. The summed E-state index contributed by atoms with van der Waals surface area (Å²) < 4.78 is 15.2. The van der Waals surface area contributed by atoms with Crippen molar-refractivity contribution in [3.8, 4) is 11.8 Å². The van der Waals surface area contributed by atoms with E-state index < -0.39 is 5.41 Å².